The lowest BCUT2D eigenvalue weighted by atomic mass is 10.1. The number of amides is 2. The highest BCUT2D eigenvalue weighted by molar-refractivity contribution is 8.18. The van der Waals surface area contributed by atoms with Gasteiger partial charge in [0.05, 0.1) is 18.1 Å². The SMILES string of the molecule is O=C1NC(=O)/C(=C/c2cccc(N3CCOCC3)c2)S1. The number of carbonyl (C=O) groups excluding carboxylic acids is 2. The van der Waals surface area contributed by atoms with Crippen LogP contribution in [0, 0.1) is 0 Å². The molecule has 1 aromatic carbocycles. The highest BCUT2D eigenvalue weighted by Crippen LogP contribution is 2.27. The maximum Gasteiger partial charge on any atom is 0.290 e. The number of hydrogen-bond acceptors (Lipinski definition) is 5. The molecule has 1 N–H and O–H groups in total. The van der Waals surface area contributed by atoms with Crippen LogP contribution in [0.3, 0.4) is 0 Å². The van der Waals surface area contributed by atoms with Crippen molar-refractivity contribution in [3.8, 4) is 0 Å². The summed E-state index contributed by atoms with van der Waals surface area (Å²) < 4.78 is 5.34. The molecule has 3 rings (SSSR count). The molecule has 2 aliphatic rings. The molecular weight excluding hydrogens is 276 g/mol. The number of ether oxygens (including phenoxy) is 1. The second-order valence-electron chi connectivity index (χ2n) is 4.55. The molecule has 2 heterocycles. The minimum Gasteiger partial charge on any atom is -0.378 e. The van der Waals surface area contributed by atoms with Gasteiger partial charge in [-0.25, -0.2) is 0 Å². The van der Waals surface area contributed by atoms with Crippen LogP contribution in [0.4, 0.5) is 10.5 Å². The molecule has 0 aliphatic carbocycles. The zero-order valence-corrected chi connectivity index (χ0v) is 11.6. The predicted molar refractivity (Wildman–Crippen MR) is 78.6 cm³/mol. The van der Waals surface area contributed by atoms with Crippen molar-refractivity contribution in [2.45, 2.75) is 0 Å². The molecule has 0 atom stereocenters. The van der Waals surface area contributed by atoms with E-state index in [0.717, 1.165) is 49.3 Å². The van der Waals surface area contributed by atoms with Crippen molar-refractivity contribution in [3.63, 3.8) is 0 Å². The average molecular weight is 290 g/mol. The fourth-order valence-corrected chi connectivity index (χ4v) is 2.89. The van der Waals surface area contributed by atoms with Gasteiger partial charge in [0.25, 0.3) is 11.1 Å². The maximum atomic E-state index is 11.5. The van der Waals surface area contributed by atoms with E-state index in [1.807, 2.05) is 24.3 Å². The summed E-state index contributed by atoms with van der Waals surface area (Å²) in [5.74, 6) is -0.322. The molecule has 104 valence electrons. The van der Waals surface area contributed by atoms with Gasteiger partial charge in [0.1, 0.15) is 0 Å². The zero-order valence-electron chi connectivity index (χ0n) is 10.8. The smallest absolute Gasteiger partial charge is 0.290 e. The average Bonchev–Trinajstić information content (AvgIpc) is 2.78. The number of nitrogens with zero attached hydrogens (tertiary/aromatic N) is 1. The van der Waals surface area contributed by atoms with Gasteiger partial charge in [0, 0.05) is 18.8 Å². The Labute approximate surface area is 121 Å². The minimum absolute atomic E-state index is 0.314. The van der Waals surface area contributed by atoms with E-state index in [0.29, 0.717) is 4.91 Å². The minimum atomic E-state index is -0.322. The molecule has 0 unspecified atom stereocenters. The summed E-state index contributed by atoms with van der Waals surface area (Å²) in [4.78, 5) is 25.4. The van der Waals surface area contributed by atoms with Crippen LogP contribution in [0.15, 0.2) is 29.2 Å². The van der Waals surface area contributed by atoms with Gasteiger partial charge in [-0.15, -0.1) is 0 Å². The number of rotatable bonds is 2. The molecule has 0 radical (unpaired) electrons. The van der Waals surface area contributed by atoms with Gasteiger partial charge in [-0.3, -0.25) is 14.9 Å². The Morgan fingerprint density at radius 2 is 2.05 bits per heavy atom. The molecule has 6 heteroatoms. The molecule has 0 bridgehead atoms. The summed E-state index contributed by atoms with van der Waals surface area (Å²) in [6.45, 7) is 3.21. The lowest BCUT2D eigenvalue weighted by molar-refractivity contribution is -0.115. The number of carbonyl (C=O) groups is 2. The third-order valence-electron chi connectivity index (χ3n) is 3.19. The summed E-state index contributed by atoms with van der Waals surface area (Å²) in [5, 5.41) is 1.94. The Kier molecular flexibility index (Phi) is 3.75. The van der Waals surface area contributed by atoms with Crippen LogP contribution in [-0.4, -0.2) is 37.4 Å². The van der Waals surface area contributed by atoms with E-state index in [1.54, 1.807) is 6.08 Å². The number of nitrogens with one attached hydrogen (secondary N) is 1. The second-order valence-corrected chi connectivity index (χ2v) is 5.56. The molecular formula is C14H14N2O3S. The second kappa shape index (κ2) is 5.68. The third-order valence-corrected chi connectivity index (χ3v) is 4.00. The molecule has 2 aliphatic heterocycles. The van der Waals surface area contributed by atoms with Crippen molar-refractivity contribution in [1.82, 2.24) is 5.32 Å². The van der Waals surface area contributed by atoms with E-state index < -0.39 is 0 Å². The standard InChI is InChI=1S/C14H14N2O3S/c17-13-12(20-14(18)15-13)9-10-2-1-3-11(8-10)16-4-6-19-7-5-16/h1-3,8-9H,4-7H2,(H,15,17,18)/b12-9-. The van der Waals surface area contributed by atoms with Crippen molar-refractivity contribution in [1.29, 1.82) is 0 Å². The molecule has 0 spiro atoms. The van der Waals surface area contributed by atoms with Crippen molar-refractivity contribution < 1.29 is 14.3 Å². The van der Waals surface area contributed by atoms with E-state index in [2.05, 4.69) is 10.2 Å². The predicted octanol–water partition coefficient (Wildman–Crippen LogP) is 1.85. The molecule has 0 aromatic heterocycles. The normalized spacial score (nSPS) is 21.4. The van der Waals surface area contributed by atoms with Gasteiger partial charge in [-0.05, 0) is 35.5 Å². The fourth-order valence-electron chi connectivity index (χ4n) is 2.21. The fraction of sp³-hybridized carbons (Fsp3) is 0.286. The van der Waals surface area contributed by atoms with E-state index in [4.69, 9.17) is 4.74 Å². The van der Waals surface area contributed by atoms with Crippen LogP contribution in [0.2, 0.25) is 0 Å². The lowest BCUT2D eigenvalue weighted by Gasteiger charge is -2.29. The van der Waals surface area contributed by atoms with Crippen molar-refractivity contribution in [2.75, 3.05) is 31.2 Å². The Hall–Kier alpha value is -1.79. The van der Waals surface area contributed by atoms with Gasteiger partial charge in [0.2, 0.25) is 0 Å². The van der Waals surface area contributed by atoms with Gasteiger partial charge >= 0.3 is 0 Å². The summed E-state index contributed by atoms with van der Waals surface area (Å²) in [5.41, 5.74) is 2.03. The largest absolute Gasteiger partial charge is 0.378 e. The van der Waals surface area contributed by atoms with Crippen LogP contribution >= 0.6 is 11.8 Å². The highest BCUT2D eigenvalue weighted by atomic mass is 32.2. The van der Waals surface area contributed by atoms with Gasteiger partial charge in [0.15, 0.2) is 0 Å². The number of hydrogen-bond donors (Lipinski definition) is 1. The van der Waals surface area contributed by atoms with Crippen LogP contribution in [0.25, 0.3) is 6.08 Å². The topological polar surface area (TPSA) is 58.6 Å². The van der Waals surface area contributed by atoms with Crippen molar-refractivity contribution >= 4 is 34.7 Å². The van der Waals surface area contributed by atoms with Gasteiger partial charge < -0.3 is 9.64 Å². The number of morpholine rings is 1. The van der Waals surface area contributed by atoms with Crippen LogP contribution in [-0.2, 0) is 9.53 Å². The van der Waals surface area contributed by atoms with Crippen LogP contribution < -0.4 is 10.2 Å². The molecule has 1 aromatic rings. The highest BCUT2D eigenvalue weighted by Gasteiger charge is 2.24. The first-order valence-electron chi connectivity index (χ1n) is 6.40. The zero-order chi connectivity index (χ0) is 13.9. The van der Waals surface area contributed by atoms with E-state index in [-0.39, 0.29) is 11.1 Å². The number of benzene rings is 1. The quantitative estimate of drug-likeness (QED) is 0.842. The van der Waals surface area contributed by atoms with E-state index in [1.165, 1.54) is 0 Å². The van der Waals surface area contributed by atoms with Gasteiger partial charge in [-0.2, -0.15) is 0 Å². The number of anilines is 1. The molecule has 0 saturated carbocycles. The molecule has 2 fully saturated rings. The molecule has 2 saturated heterocycles. The Morgan fingerprint density at radius 3 is 2.75 bits per heavy atom. The van der Waals surface area contributed by atoms with Crippen LogP contribution in [0.1, 0.15) is 5.56 Å². The van der Waals surface area contributed by atoms with E-state index in [9.17, 15) is 9.59 Å². The van der Waals surface area contributed by atoms with E-state index >= 15 is 0 Å². The van der Waals surface area contributed by atoms with Crippen molar-refractivity contribution in [2.24, 2.45) is 0 Å². The Bertz CT molecular complexity index is 580. The molecule has 2 amide bonds. The Morgan fingerprint density at radius 1 is 1.25 bits per heavy atom. The van der Waals surface area contributed by atoms with Gasteiger partial charge in [-0.1, -0.05) is 12.1 Å². The molecule has 5 nitrogen and oxygen atoms in total. The summed E-state index contributed by atoms with van der Waals surface area (Å²) in [6.07, 6.45) is 1.74. The first-order chi connectivity index (χ1) is 9.72. The number of thioether (sulfide) groups is 1. The van der Waals surface area contributed by atoms with Crippen LogP contribution in [0.5, 0.6) is 0 Å². The summed E-state index contributed by atoms with van der Waals surface area (Å²) in [6, 6.07) is 7.94. The molecule has 20 heavy (non-hydrogen) atoms. The van der Waals surface area contributed by atoms with Crippen molar-refractivity contribution in [3.05, 3.63) is 34.7 Å². The first-order valence-corrected chi connectivity index (χ1v) is 7.22. The summed E-state index contributed by atoms with van der Waals surface area (Å²) >= 11 is 0.938. The Balaban J connectivity index is 1.82. The monoisotopic (exact) mass is 290 g/mol. The third kappa shape index (κ3) is 2.86. The summed E-state index contributed by atoms with van der Waals surface area (Å²) in [7, 11) is 0. The lowest BCUT2D eigenvalue weighted by Crippen LogP contribution is -2.36. The first kappa shape index (κ1) is 13.2. The maximum absolute atomic E-state index is 11.5. The number of imide groups is 1.